The van der Waals surface area contributed by atoms with E-state index in [2.05, 4.69) is 0 Å². The summed E-state index contributed by atoms with van der Waals surface area (Å²) in [6, 6.07) is 9.48. The molecule has 1 aromatic carbocycles. The van der Waals surface area contributed by atoms with Crippen LogP contribution in [0.2, 0.25) is 0 Å². The average Bonchev–Trinajstić information content (AvgIpc) is 3.05. The van der Waals surface area contributed by atoms with Crippen LogP contribution in [0.15, 0.2) is 30.3 Å². The van der Waals surface area contributed by atoms with Crippen molar-refractivity contribution in [1.82, 2.24) is 4.90 Å². The van der Waals surface area contributed by atoms with Crippen LogP contribution in [0.25, 0.3) is 0 Å². The Morgan fingerprint density at radius 3 is 2.44 bits per heavy atom. The van der Waals surface area contributed by atoms with Gasteiger partial charge in [0.05, 0.1) is 0 Å². The first-order chi connectivity index (χ1) is 8.58. The third-order valence-electron chi connectivity index (χ3n) is 3.28. The summed E-state index contributed by atoms with van der Waals surface area (Å²) in [5.41, 5.74) is 0.959. The predicted octanol–water partition coefficient (Wildman–Crippen LogP) is 1.76. The number of carboxylic acids is 1. The minimum Gasteiger partial charge on any atom is -0.480 e. The third kappa shape index (κ3) is 3.09. The van der Waals surface area contributed by atoms with E-state index < -0.39 is 5.97 Å². The molecule has 1 saturated carbocycles. The van der Waals surface area contributed by atoms with Crippen LogP contribution in [-0.4, -0.2) is 28.4 Å². The second kappa shape index (κ2) is 5.21. The summed E-state index contributed by atoms with van der Waals surface area (Å²) >= 11 is 0. The maximum Gasteiger partial charge on any atom is 0.323 e. The summed E-state index contributed by atoms with van der Waals surface area (Å²) in [7, 11) is 0. The van der Waals surface area contributed by atoms with Gasteiger partial charge in [-0.1, -0.05) is 37.3 Å². The number of aliphatic carboxylic acids is 1. The van der Waals surface area contributed by atoms with Crippen molar-refractivity contribution in [2.45, 2.75) is 19.9 Å². The molecule has 4 nitrogen and oxygen atoms in total. The number of carbonyl (C=O) groups is 2. The van der Waals surface area contributed by atoms with Crippen molar-refractivity contribution < 1.29 is 14.7 Å². The molecule has 18 heavy (non-hydrogen) atoms. The fourth-order valence-electron chi connectivity index (χ4n) is 2.08. The van der Waals surface area contributed by atoms with Crippen LogP contribution < -0.4 is 0 Å². The van der Waals surface area contributed by atoms with Gasteiger partial charge in [0, 0.05) is 12.5 Å². The Balaban J connectivity index is 2.05. The molecule has 0 spiro atoms. The number of amides is 1. The Morgan fingerprint density at radius 2 is 1.94 bits per heavy atom. The van der Waals surface area contributed by atoms with Crippen LogP contribution >= 0.6 is 0 Å². The second-order valence-corrected chi connectivity index (χ2v) is 4.89. The van der Waals surface area contributed by atoms with Crippen molar-refractivity contribution in [2.24, 2.45) is 11.8 Å². The molecule has 0 aromatic heterocycles. The molecule has 0 unspecified atom stereocenters. The summed E-state index contributed by atoms with van der Waals surface area (Å²) < 4.78 is 0. The van der Waals surface area contributed by atoms with Crippen LogP contribution in [0.3, 0.4) is 0 Å². The van der Waals surface area contributed by atoms with E-state index in [-0.39, 0.29) is 18.4 Å². The van der Waals surface area contributed by atoms with E-state index in [1.54, 1.807) is 0 Å². The average molecular weight is 247 g/mol. The number of nitrogens with zero attached hydrogens (tertiary/aromatic N) is 1. The predicted molar refractivity (Wildman–Crippen MR) is 66.8 cm³/mol. The lowest BCUT2D eigenvalue weighted by atomic mass is 10.2. The molecule has 0 radical (unpaired) electrons. The van der Waals surface area contributed by atoms with Gasteiger partial charge in [0.2, 0.25) is 5.91 Å². The first-order valence-corrected chi connectivity index (χ1v) is 6.12. The Bertz CT molecular complexity index is 444. The lowest BCUT2D eigenvalue weighted by Gasteiger charge is -2.21. The van der Waals surface area contributed by atoms with Gasteiger partial charge in [0.25, 0.3) is 0 Å². The van der Waals surface area contributed by atoms with E-state index >= 15 is 0 Å². The van der Waals surface area contributed by atoms with Gasteiger partial charge in [-0.05, 0) is 17.9 Å². The fraction of sp³-hybridized carbons (Fsp3) is 0.429. The second-order valence-electron chi connectivity index (χ2n) is 4.89. The van der Waals surface area contributed by atoms with E-state index in [4.69, 9.17) is 5.11 Å². The van der Waals surface area contributed by atoms with Gasteiger partial charge >= 0.3 is 5.97 Å². The summed E-state index contributed by atoms with van der Waals surface area (Å²) in [5.74, 6) is -0.584. The summed E-state index contributed by atoms with van der Waals surface area (Å²) in [5, 5.41) is 8.89. The highest BCUT2D eigenvalue weighted by Crippen LogP contribution is 2.39. The van der Waals surface area contributed by atoms with E-state index in [1.807, 2.05) is 37.3 Å². The van der Waals surface area contributed by atoms with Crippen molar-refractivity contribution in [3.8, 4) is 0 Å². The number of hydrogen-bond donors (Lipinski definition) is 1. The molecule has 1 aromatic rings. The van der Waals surface area contributed by atoms with Crippen molar-refractivity contribution in [3.05, 3.63) is 35.9 Å². The highest BCUT2D eigenvalue weighted by molar-refractivity contribution is 5.85. The first kappa shape index (κ1) is 12.6. The van der Waals surface area contributed by atoms with Gasteiger partial charge in [-0.2, -0.15) is 0 Å². The zero-order valence-corrected chi connectivity index (χ0v) is 10.4. The van der Waals surface area contributed by atoms with Gasteiger partial charge in [-0.25, -0.2) is 0 Å². The topological polar surface area (TPSA) is 57.6 Å². The Hall–Kier alpha value is -1.84. The molecule has 96 valence electrons. The molecule has 1 aliphatic carbocycles. The van der Waals surface area contributed by atoms with E-state index in [0.29, 0.717) is 12.5 Å². The standard InChI is InChI=1S/C14H17NO3/c1-10-7-12(10)14(18)15(9-13(16)17)8-11-5-3-2-4-6-11/h2-6,10,12H,7-9H2,1H3,(H,16,17)/t10-,12+/m0/s1. The zero-order chi connectivity index (χ0) is 13.1. The minimum absolute atomic E-state index is 0.0214. The Labute approximate surface area is 106 Å². The van der Waals surface area contributed by atoms with Gasteiger partial charge < -0.3 is 10.0 Å². The van der Waals surface area contributed by atoms with Gasteiger partial charge in [0.15, 0.2) is 0 Å². The van der Waals surface area contributed by atoms with Crippen LogP contribution in [0.1, 0.15) is 18.9 Å². The number of carboxylic acid groups (broad SMARTS) is 1. The molecule has 2 atom stereocenters. The van der Waals surface area contributed by atoms with Crippen LogP contribution in [0.5, 0.6) is 0 Å². The summed E-state index contributed by atoms with van der Waals surface area (Å²) in [4.78, 5) is 24.4. The van der Waals surface area contributed by atoms with E-state index in [1.165, 1.54) is 4.90 Å². The first-order valence-electron chi connectivity index (χ1n) is 6.12. The van der Waals surface area contributed by atoms with E-state index in [0.717, 1.165) is 12.0 Å². The molecule has 0 aliphatic heterocycles. The molecule has 2 rings (SSSR count). The van der Waals surface area contributed by atoms with Crippen molar-refractivity contribution >= 4 is 11.9 Å². The largest absolute Gasteiger partial charge is 0.480 e. The SMILES string of the molecule is C[C@H]1C[C@H]1C(=O)N(CC(=O)O)Cc1ccccc1. The maximum absolute atomic E-state index is 12.1. The van der Waals surface area contributed by atoms with Crippen LogP contribution in [-0.2, 0) is 16.1 Å². The number of rotatable bonds is 5. The fourth-order valence-corrected chi connectivity index (χ4v) is 2.08. The third-order valence-corrected chi connectivity index (χ3v) is 3.28. The Kier molecular flexibility index (Phi) is 3.65. The van der Waals surface area contributed by atoms with Gasteiger partial charge in [-0.15, -0.1) is 0 Å². The minimum atomic E-state index is -0.965. The molecule has 1 fully saturated rings. The molecule has 0 heterocycles. The van der Waals surface area contributed by atoms with Crippen molar-refractivity contribution in [3.63, 3.8) is 0 Å². The molecule has 1 aliphatic rings. The molecule has 0 bridgehead atoms. The molecule has 1 N–H and O–H groups in total. The molecule has 0 saturated heterocycles. The molecular weight excluding hydrogens is 230 g/mol. The number of benzene rings is 1. The molecular formula is C14H17NO3. The quantitative estimate of drug-likeness (QED) is 0.862. The molecule has 4 heteroatoms. The van der Waals surface area contributed by atoms with Gasteiger partial charge in [-0.3, -0.25) is 9.59 Å². The van der Waals surface area contributed by atoms with Crippen LogP contribution in [0, 0.1) is 11.8 Å². The number of hydrogen-bond acceptors (Lipinski definition) is 2. The smallest absolute Gasteiger partial charge is 0.323 e. The van der Waals surface area contributed by atoms with Crippen LogP contribution in [0.4, 0.5) is 0 Å². The lowest BCUT2D eigenvalue weighted by Crippen LogP contribution is -2.36. The van der Waals surface area contributed by atoms with Crippen molar-refractivity contribution in [2.75, 3.05) is 6.54 Å². The van der Waals surface area contributed by atoms with Gasteiger partial charge in [0.1, 0.15) is 6.54 Å². The Morgan fingerprint density at radius 1 is 1.33 bits per heavy atom. The maximum atomic E-state index is 12.1. The normalized spacial score (nSPS) is 21.4. The number of carbonyl (C=O) groups excluding carboxylic acids is 1. The van der Waals surface area contributed by atoms with E-state index in [9.17, 15) is 9.59 Å². The monoisotopic (exact) mass is 247 g/mol. The highest BCUT2D eigenvalue weighted by Gasteiger charge is 2.41. The molecule has 1 amide bonds. The lowest BCUT2D eigenvalue weighted by molar-refractivity contribution is -0.145. The van der Waals surface area contributed by atoms with Crippen molar-refractivity contribution in [1.29, 1.82) is 0 Å². The summed E-state index contributed by atoms with van der Waals surface area (Å²) in [6.07, 6.45) is 0.879. The summed E-state index contributed by atoms with van der Waals surface area (Å²) in [6.45, 7) is 2.16. The highest BCUT2D eigenvalue weighted by atomic mass is 16.4. The zero-order valence-electron chi connectivity index (χ0n) is 10.4.